The van der Waals surface area contributed by atoms with Gasteiger partial charge in [0.2, 0.25) is 5.91 Å². The van der Waals surface area contributed by atoms with Crippen molar-refractivity contribution in [2.75, 3.05) is 5.32 Å². The van der Waals surface area contributed by atoms with Gasteiger partial charge in [-0.15, -0.1) is 0 Å². The summed E-state index contributed by atoms with van der Waals surface area (Å²) in [4.78, 5) is 13.8. The Bertz CT molecular complexity index is 1080. The van der Waals surface area contributed by atoms with Crippen LogP contribution in [0.4, 0.5) is 5.82 Å². The van der Waals surface area contributed by atoms with E-state index in [0.29, 0.717) is 5.02 Å². The quantitative estimate of drug-likeness (QED) is 0.541. The number of carbonyl (C=O) groups excluding carboxylic acids is 1. The smallest absolute Gasteiger partial charge is 0.236 e. The molecule has 2 aromatic carbocycles. The number of thioether (sulfide) groups is 1. The zero-order chi connectivity index (χ0) is 20.7. The van der Waals surface area contributed by atoms with Crippen LogP contribution >= 0.6 is 23.4 Å². The molecule has 2 heterocycles. The summed E-state index contributed by atoms with van der Waals surface area (Å²) in [6.07, 6.45) is 3.83. The molecule has 5 rings (SSSR count). The van der Waals surface area contributed by atoms with Crippen LogP contribution in [0.15, 0.2) is 48.5 Å². The highest BCUT2D eigenvalue weighted by atomic mass is 35.5. The Balaban J connectivity index is 1.54. The molecule has 0 bridgehead atoms. The van der Waals surface area contributed by atoms with E-state index in [9.17, 15) is 4.79 Å². The summed E-state index contributed by atoms with van der Waals surface area (Å²) in [7, 11) is 0. The van der Waals surface area contributed by atoms with Gasteiger partial charge in [0.25, 0.3) is 0 Å². The summed E-state index contributed by atoms with van der Waals surface area (Å²) in [6, 6.07) is 16.1. The maximum atomic E-state index is 13.8. The molecule has 1 saturated carbocycles. The van der Waals surface area contributed by atoms with Gasteiger partial charge in [-0.1, -0.05) is 54.3 Å². The number of aromatic nitrogens is 2. The fraction of sp³-hybridized carbons (Fsp3) is 0.333. The molecule has 4 nitrogen and oxygen atoms in total. The summed E-state index contributed by atoms with van der Waals surface area (Å²) in [6.45, 7) is 2.07. The van der Waals surface area contributed by atoms with E-state index >= 15 is 0 Å². The van der Waals surface area contributed by atoms with Gasteiger partial charge < -0.3 is 5.32 Å². The Morgan fingerprint density at radius 2 is 1.77 bits per heavy atom. The van der Waals surface area contributed by atoms with Gasteiger partial charge >= 0.3 is 0 Å². The Morgan fingerprint density at radius 1 is 1.07 bits per heavy atom. The van der Waals surface area contributed by atoms with E-state index in [-0.39, 0.29) is 5.91 Å². The first-order valence-electron chi connectivity index (χ1n) is 10.4. The summed E-state index contributed by atoms with van der Waals surface area (Å²) in [5.74, 6) is 2.66. The molecule has 6 heteroatoms. The van der Waals surface area contributed by atoms with Crippen LogP contribution < -0.4 is 5.32 Å². The molecule has 3 aromatic rings. The van der Waals surface area contributed by atoms with Gasteiger partial charge in [0.15, 0.2) is 0 Å². The first-order valence-corrected chi connectivity index (χ1v) is 11.9. The SMILES string of the molecule is Cc1ccc(-n2nc3c(c2NC(=O)C2(c4ccc(Cl)cc4)CCCC2)CSC3)cc1. The molecule has 2 aliphatic rings. The van der Waals surface area contributed by atoms with E-state index in [4.69, 9.17) is 16.7 Å². The second-order valence-electron chi connectivity index (χ2n) is 8.26. The molecule has 1 amide bonds. The average Bonchev–Trinajstić information content (AvgIpc) is 3.47. The predicted molar refractivity (Wildman–Crippen MR) is 124 cm³/mol. The fourth-order valence-corrected chi connectivity index (χ4v) is 5.80. The molecule has 0 atom stereocenters. The highest BCUT2D eigenvalue weighted by Gasteiger charge is 2.43. The van der Waals surface area contributed by atoms with Gasteiger partial charge in [-0.05, 0) is 49.6 Å². The molecule has 30 heavy (non-hydrogen) atoms. The Labute approximate surface area is 186 Å². The number of benzene rings is 2. The number of amides is 1. The molecular formula is C24H24ClN3OS. The summed E-state index contributed by atoms with van der Waals surface area (Å²) < 4.78 is 1.91. The standard InChI is InChI=1S/C24H24ClN3OS/c1-16-4-10-19(11-5-16)28-22(20-14-30-15-21(20)27-28)26-23(29)24(12-2-3-13-24)17-6-8-18(25)9-7-17/h4-11H,2-3,12-15H2,1H3,(H,26,29). The van der Waals surface area contributed by atoms with E-state index in [0.717, 1.165) is 65.5 Å². The van der Waals surface area contributed by atoms with Gasteiger partial charge in [-0.2, -0.15) is 16.9 Å². The van der Waals surface area contributed by atoms with Crippen LogP contribution in [0.5, 0.6) is 0 Å². The number of fused-ring (bicyclic) bond motifs is 1. The topological polar surface area (TPSA) is 46.9 Å². The lowest BCUT2D eigenvalue weighted by Gasteiger charge is -2.28. The van der Waals surface area contributed by atoms with Crippen molar-refractivity contribution < 1.29 is 4.79 Å². The number of halogens is 1. The summed E-state index contributed by atoms with van der Waals surface area (Å²) in [5.41, 5.74) is 4.94. The van der Waals surface area contributed by atoms with Crippen LogP contribution in [-0.2, 0) is 21.7 Å². The van der Waals surface area contributed by atoms with Crippen LogP contribution in [-0.4, -0.2) is 15.7 Å². The number of nitrogens with one attached hydrogen (secondary N) is 1. The maximum absolute atomic E-state index is 13.8. The van der Waals surface area contributed by atoms with E-state index in [2.05, 4.69) is 36.5 Å². The highest BCUT2D eigenvalue weighted by Crippen LogP contribution is 2.43. The second-order valence-corrected chi connectivity index (χ2v) is 9.69. The molecule has 1 aromatic heterocycles. The minimum absolute atomic E-state index is 0.0651. The normalized spacial score (nSPS) is 17.1. The lowest BCUT2D eigenvalue weighted by atomic mass is 9.78. The monoisotopic (exact) mass is 437 g/mol. The van der Waals surface area contributed by atoms with E-state index in [1.54, 1.807) is 0 Å². The average molecular weight is 438 g/mol. The van der Waals surface area contributed by atoms with Gasteiger partial charge in [0, 0.05) is 22.1 Å². The van der Waals surface area contributed by atoms with Crippen molar-refractivity contribution in [1.29, 1.82) is 0 Å². The number of aryl methyl sites for hydroxylation is 1. The van der Waals surface area contributed by atoms with Gasteiger partial charge in [-0.3, -0.25) is 4.79 Å². The first-order chi connectivity index (χ1) is 14.6. The van der Waals surface area contributed by atoms with Crippen LogP contribution in [0, 0.1) is 6.92 Å². The zero-order valence-electron chi connectivity index (χ0n) is 17.0. The second kappa shape index (κ2) is 7.78. The highest BCUT2D eigenvalue weighted by molar-refractivity contribution is 7.98. The molecule has 1 aliphatic heterocycles. The molecule has 0 radical (unpaired) electrons. The largest absolute Gasteiger partial charge is 0.310 e. The number of hydrogen-bond acceptors (Lipinski definition) is 3. The van der Waals surface area contributed by atoms with Crippen LogP contribution in [0.3, 0.4) is 0 Å². The Kier molecular flexibility index (Phi) is 5.11. The van der Waals surface area contributed by atoms with Crippen LogP contribution in [0.1, 0.15) is 48.1 Å². The van der Waals surface area contributed by atoms with E-state index < -0.39 is 5.41 Å². The minimum atomic E-state index is -0.508. The van der Waals surface area contributed by atoms with Gasteiger partial charge in [0.1, 0.15) is 5.82 Å². The summed E-state index contributed by atoms with van der Waals surface area (Å²) >= 11 is 7.95. The molecule has 1 N–H and O–H groups in total. The molecule has 154 valence electrons. The molecule has 0 saturated heterocycles. The number of anilines is 1. The van der Waals surface area contributed by atoms with Crippen molar-refractivity contribution in [3.63, 3.8) is 0 Å². The molecule has 0 unspecified atom stereocenters. The van der Waals surface area contributed by atoms with Crippen molar-refractivity contribution in [2.45, 2.75) is 49.5 Å². The van der Waals surface area contributed by atoms with E-state index in [1.807, 2.05) is 40.7 Å². The third-order valence-electron chi connectivity index (χ3n) is 6.35. The number of nitrogens with zero attached hydrogens (tertiary/aromatic N) is 2. The van der Waals surface area contributed by atoms with Crippen molar-refractivity contribution in [1.82, 2.24) is 9.78 Å². The van der Waals surface area contributed by atoms with Gasteiger partial charge in [0.05, 0.1) is 16.8 Å². The zero-order valence-corrected chi connectivity index (χ0v) is 18.5. The van der Waals surface area contributed by atoms with Crippen molar-refractivity contribution in [3.8, 4) is 5.69 Å². The first kappa shape index (κ1) is 19.7. The number of hydrogen-bond donors (Lipinski definition) is 1. The third kappa shape index (κ3) is 3.34. The van der Waals surface area contributed by atoms with Crippen LogP contribution in [0.2, 0.25) is 5.02 Å². The van der Waals surface area contributed by atoms with Gasteiger partial charge in [-0.25, -0.2) is 4.68 Å². The Morgan fingerprint density at radius 3 is 2.47 bits per heavy atom. The van der Waals surface area contributed by atoms with Crippen molar-refractivity contribution in [2.24, 2.45) is 0 Å². The van der Waals surface area contributed by atoms with Crippen molar-refractivity contribution in [3.05, 3.63) is 75.9 Å². The lowest BCUT2D eigenvalue weighted by Crippen LogP contribution is -2.38. The molecule has 1 fully saturated rings. The number of rotatable bonds is 4. The minimum Gasteiger partial charge on any atom is -0.310 e. The molecule has 1 aliphatic carbocycles. The molecule has 0 spiro atoms. The Hall–Kier alpha value is -2.24. The fourth-order valence-electron chi connectivity index (χ4n) is 4.64. The lowest BCUT2D eigenvalue weighted by molar-refractivity contribution is -0.121. The maximum Gasteiger partial charge on any atom is 0.236 e. The number of carbonyl (C=O) groups is 1. The molecular weight excluding hydrogens is 414 g/mol. The predicted octanol–water partition coefficient (Wildman–Crippen LogP) is 6.03. The van der Waals surface area contributed by atoms with E-state index in [1.165, 1.54) is 5.56 Å². The summed E-state index contributed by atoms with van der Waals surface area (Å²) in [5, 5.41) is 8.85. The van der Waals surface area contributed by atoms with Crippen LogP contribution in [0.25, 0.3) is 5.69 Å². The van der Waals surface area contributed by atoms with Crippen molar-refractivity contribution >= 4 is 35.1 Å². The third-order valence-corrected chi connectivity index (χ3v) is 7.57.